The van der Waals surface area contributed by atoms with E-state index in [1.807, 2.05) is 0 Å². The summed E-state index contributed by atoms with van der Waals surface area (Å²) >= 11 is 5.25. The molecular formula is C15H21N3OS. The summed E-state index contributed by atoms with van der Waals surface area (Å²) in [5.74, 6) is -0.124. The maximum Gasteiger partial charge on any atom is 0.252 e. The summed E-state index contributed by atoms with van der Waals surface area (Å²) in [5, 5.41) is 3.08. The Kier molecular flexibility index (Phi) is 5.06. The summed E-state index contributed by atoms with van der Waals surface area (Å²) in [6.45, 7) is 0. The van der Waals surface area contributed by atoms with Crippen molar-refractivity contribution in [1.82, 2.24) is 10.3 Å². The normalized spacial score (nSPS) is 18.6. The molecule has 5 heteroatoms. The molecule has 108 valence electrons. The number of carbonyl (C=O) groups is 1. The van der Waals surface area contributed by atoms with Crippen LogP contribution in [0.1, 0.15) is 55.3 Å². The van der Waals surface area contributed by atoms with Crippen molar-refractivity contribution in [3.8, 4) is 0 Å². The van der Waals surface area contributed by atoms with E-state index in [-0.39, 0.29) is 5.91 Å². The van der Waals surface area contributed by atoms with E-state index in [2.05, 4.69) is 10.3 Å². The monoisotopic (exact) mass is 291 g/mol. The van der Waals surface area contributed by atoms with Crippen LogP contribution in [0.3, 0.4) is 0 Å². The van der Waals surface area contributed by atoms with Crippen LogP contribution in [-0.4, -0.2) is 21.4 Å². The van der Waals surface area contributed by atoms with Gasteiger partial charge >= 0.3 is 0 Å². The van der Waals surface area contributed by atoms with Crippen molar-refractivity contribution < 1.29 is 4.79 Å². The molecule has 1 aliphatic rings. The second kappa shape index (κ2) is 6.79. The molecule has 0 radical (unpaired) electrons. The third kappa shape index (κ3) is 3.54. The number of thiocarbonyl (C=S) groups is 1. The molecular weight excluding hydrogens is 270 g/mol. The number of hydrogen-bond acceptors (Lipinski definition) is 3. The van der Waals surface area contributed by atoms with Gasteiger partial charge in [0.15, 0.2) is 0 Å². The number of amides is 1. The van der Waals surface area contributed by atoms with Gasteiger partial charge < -0.3 is 11.1 Å². The second-order valence-corrected chi connectivity index (χ2v) is 5.84. The Balaban J connectivity index is 2.15. The summed E-state index contributed by atoms with van der Waals surface area (Å²) in [4.78, 5) is 16.7. The Morgan fingerprint density at radius 2 is 1.70 bits per heavy atom. The zero-order valence-electron chi connectivity index (χ0n) is 11.6. The average Bonchev–Trinajstić information content (AvgIpc) is 2.42. The summed E-state index contributed by atoms with van der Waals surface area (Å²) in [6, 6.07) is 3.40. The van der Waals surface area contributed by atoms with Crippen molar-refractivity contribution in [3.05, 3.63) is 30.1 Å². The van der Waals surface area contributed by atoms with E-state index in [0.717, 1.165) is 25.7 Å². The Hall–Kier alpha value is -1.49. The number of nitrogens with two attached hydrogens (primary N) is 1. The molecule has 1 heterocycles. The predicted molar refractivity (Wildman–Crippen MR) is 83.5 cm³/mol. The number of aromatic nitrogens is 1. The highest BCUT2D eigenvalue weighted by Crippen LogP contribution is 2.27. The average molecular weight is 291 g/mol. The van der Waals surface area contributed by atoms with E-state index in [1.54, 1.807) is 24.5 Å². The molecule has 1 amide bonds. The van der Waals surface area contributed by atoms with Gasteiger partial charge in [0.1, 0.15) is 0 Å². The van der Waals surface area contributed by atoms with Gasteiger partial charge in [0, 0.05) is 18.0 Å². The third-order valence-electron chi connectivity index (χ3n) is 3.97. The van der Waals surface area contributed by atoms with Gasteiger partial charge in [0.05, 0.1) is 10.5 Å². The van der Waals surface area contributed by atoms with E-state index >= 15 is 0 Å². The molecule has 0 spiro atoms. The number of rotatable bonds is 3. The minimum absolute atomic E-state index is 0.124. The molecule has 4 nitrogen and oxygen atoms in total. The smallest absolute Gasteiger partial charge is 0.252 e. The van der Waals surface area contributed by atoms with Crippen LogP contribution in [0.2, 0.25) is 0 Å². The fourth-order valence-corrected chi connectivity index (χ4v) is 2.99. The van der Waals surface area contributed by atoms with Crippen molar-refractivity contribution in [2.24, 2.45) is 5.73 Å². The van der Waals surface area contributed by atoms with Gasteiger partial charge in [-0.2, -0.15) is 0 Å². The van der Waals surface area contributed by atoms with Crippen LogP contribution >= 0.6 is 12.2 Å². The molecule has 0 aliphatic heterocycles. The fraction of sp³-hybridized carbons (Fsp3) is 0.533. The van der Waals surface area contributed by atoms with Crippen LogP contribution < -0.4 is 11.1 Å². The molecule has 1 fully saturated rings. The number of nitrogens with one attached hydrogen (secondary N) is 1. The molecule has 0 atom stereocenters. The van der Waals surface area contributed by atoms with Crippen LogP contribution in [0.4, 0.5) is 0 Å². The summed E-state index contributed by atoms with van der Waals surface area (Å²) in [7, 11) is 0. The SMILES string of the molecule is NC(=S)C1(NC(=O)c2ccncc2)CCCCCCC1. The molecule has 1 aliphatic carbocycles. The second-order valence-electron chi connectivity index (χ2n) is 5.40. The molecule has 0 bridgehead atoms. The minimum atomic E-state index is -0.532. The molecule has 1 saturated carbocycles. The zero-order valence-corrected chi connectivity index (χ0v) is 12.4. The van der Waals surface area contributed by atoms with Gasteiger partial charge in [0.2, 0.25) is 0 Å². The molecule has 1 aromatic rings. The lowest BCUT2D eigenvalue weighted by atomic mass is 9.83. The van der Waals surface area contributed by atoms with E-state index in [0.29, 0.717) is 10.6 Å². The van der Waals surface area contributed by atoms with Gasteiger partial charge in [-0.15, -0.1) is 0 Å². The molecule has 1 aromatic heterocycles. The van der Waals surface area contributed by atoms with Gasteiger partial charge in [-0.1, -0.05) is 44.3 Å². The largest absolute Gasteiger partial charge is 0.391 e. The number of hydrogen-bond donors (Lipinski definition) is 2. The lowest BCUT2D eigenvalue weighted by Gasteiger charge is -2.35. The van der Waals surface area contributed by atoms with Crippen LogP contribution in [0.15, 0.2) is 24.5 Å². The number of pyridine rings is 1. The highest BCUT2D eigenvalue weighted by molar-refractivity contribution is 7.80. The highest BCUT2D eigenvalue weighted by Gasteiger charge is 2.35. The Labute approximate surface area is 125 Å². The molecule has 0 aromatic carbocycles. The van der Waals surface area contributed by atoms with E-state index in [9.17, 15) is 4.79 Å². The summed E-state index contributed by atoms with van der Waals surface area (Å²) in [6.07, 6.45) is 10.6. The maximum absolute atomic E-state index is 12.4. The third-order valence-corrected chi connectivity index (χ3v) is 4.36. The first kappa shape index (κ1) is 14.9. The van der Waals surface area contributed by atoms with Crippen LogP contribution in [0, 0.1) is 0 Å². The standard InChI is InChI=1S/C15H21N3OS/c16-14(20)15(8-4-2-1-3-5-9-15)18-13(19)12-6-10-17-11-7-12/h6-7,10-11H,1-5,8-9H2,(H2,16,20)(H,18,19). The zero-order chi connectivity index (χ0) is 14.4. The molecule has 3 N–H and O–H groups in total. The first-order chi connectivity index (χ1) is 9.64. The molecule has 2 rings (SSSR count). The van der Waals surface area contributed by atoms with Crippen molar-refractivity contribution in [1.29, 1.82) is 0 Å². The first-order valence-electron chi connectivity index (χ1n) is 7.16. The lowest BCUT2D eigenvalue weighted by molar-refractivity contribution is 0.0912. The predicted octanol–water partition coefficient (Wildman–Crippen LogP) is 2.58. The topological polar surface area (TPSA) is 68.0 Å². The van der Waals surface area contributed by atoms with E-state index in [1.165, 1.54) is 19.3 Å². The first-order valence-corrected chi connectivity index (χ1v) is 7.57. The summed E-state index contributed by atoms with van der Waals surface area (Å²) < 4.78 is 0. The van der Waals surface area contributed by atoms with Gasteiger partial charge in [0.25, 0.3) is 5.91 Å². The van der Waals surface area contributed by atoms with Crippen molar-refractivity contribution >= 4 is 23.1 Å². The van der Waals surface area contributed by atoms with Crippen molar-refractivity contribution in [2.45, 2.75) is 50.5 Å². The molecule has 20 heavy (non-hydrogen) atoms. The van der Waals surface area contributed by atoms with E-state index in [4.69, 9.17) is 18.0 Å². The lowest BCUT2D eigenvalue weighted by Crippen LogP contribution is -2.57. The Bertz CT molecular complexity index is 467. The maximum atomic E-state index is 12.4. The van der Waals surface area contributed by atoms with E-state index < -0.39 is 5.54 Å². The van der Waals surface area contributed by atoms with Gasteiger partial charge in [-0.3, -0.25) is 9.78 Å². The number of nitrogens with zero attached hydrogens (tertiary/aromatic N) is 1. The molecule has 0 saturated heterocycles. The quantitative estimate of drug-likeness (QED) is 0.840. The Morgan fingerprint density at radius 1 is 1.15 bits per heavy atom. The van der Waals surface area contributed by atoms with Crippen LogP contribution in [-0.2, 0) is 0 Å². The molecule has 0 unspecified atom stereocenters. The Morgan fingerprint density at radius 3 is 2.25 bits per heavy atom. The van der Waals surface area contributed by atoms with Gasteiger partial charge in [-0.05, 0) is 25.0 Å². The highest BCUT2D eigenvalue weighted by atomic mass is 32.1. The van der Waals surface area contributed by atoms with Crippen LogP contribution in [0.25, 0.3) is 0 Å². The minimum Gasteiger partial charge on any atom is -0.391 e. The fourth-order valence-electron chi connectivity index (χ4n) is 2.73. The van der Waals surface area contributed by atoms with Crippen molar-refractivity contribution in [2.75, 3.05) is 0 Å². The van der Waals surface area contributed by atoms with Gasteiger partial charge in [-0.25, -0.2) is 0 Å². The summed E-state index contributed by atoms with van der Waals surface area (Å²) in [5.41, 5.74) is 6.02. The van der Waals surface area contributed by atoms with Crippen molar-refractivity contribution in [3.63, 3.8) is 0 Å². The number of carbonyl (C=O) groups excluding carboxylic acids is 1. The van der Waals surface area contributed by atoms with Crippen LogP contribution in [0.5, 0.6) is 0 Å².